The summed E-state index contributed by atoms with van der Waals surface area (Å²) in [5.74, 6) is 0.962. The maximum absolute atomic E-state index is 12.3. The number of nitrogens with zero attached hydrogens (tertiary/aromatic N) is 2. The Morgan fingerprint density at radius 1 is 1.27 bits per heavy atom. The van der Waals surface area contributed by atoms with Crippen molar-refractivity contribution in [1.29, 1.82) is 0 Å². The Balaban J connectivity index is 1.48. The third-order valence-corrected chi connectivity index (χ3v) is 4.09. The monoisotopic (exact) mass is 357 g/mol. The van der Waals surface area contributed by atoms with Crippen LogP contribution in [0.1, 0.15) is 10.4 Å². The molecule has 26 heavy (non-hydrogen) atoms. The van der Waals surface area contributed by atoms with E-state index in [1.807, 2.05) is 0 Å². The fourth-order valence-electron chi connectivity index (χ4n) is 2.61. The zero-order chi connectivity index (χ0) is 18.2. The van der Waals surface area contributed by atoms with Crippen molar-refractivity contribution >= 4 is 11.6 Å². The van der Waals surface area contributed by atoms with Crippen LogP contribution in [0.5, 0.6) is 11.6 Å². The Morgan fingerprint density at radius 2 is 2.12 bits per heavy atom. The molecule has 0 atom stereocenters. The molecule has 0 radical (unpaired) electrons. The standard InChI is InChI=1S/C19H23N3O4/c1-24-17-4-2-3-15(13-17)19(23)21-16-5-6-18(20-14-16)26-12-9-22-7-10-25-11-8-22/h2-6,13-14H,7-12H2,1H3,(H,21,23). The van der Waals surface area contributed by atoms with Crippen LogP contribution in [-0.4, -0.2) is 62.4 Å². The van der Waals surface area contributed by atoms with E-state index in [9.17, 15) is 4.79 Å². The van der Waals surface area contributed by atoms with Gasteiger partial charge in [-0.15, -0.1) is 0 Å². The number of amides is 1. The first-order valence-electron chi connectivity index (χ1n) is 8.59. The van der Waals surface area contributed by atoms with Crippen LogP contribution in [0.15, 0.2) is 42.6 Å². The topological polar surface area (TPSA) is 72.9 Å². The molecule has 1 aromatic carbocycles. The first kappa shape index (κ1) is 18.2. The zero-order valence-corrected chi connectivity index (χ0v) is 14.8. The smallest absolute Gasteiger partial charge is 0.255 e. The van der Waals surface area contributed by atoms with Gasteiger partial charge in [-0.05, 0) is 24.3 Å². The van der Waals surface area contributed by atoms with Crippen LogP contribution < -0.4 is 14.8 Å². The van der Waals surface area contributed by atoms with Crippen LogP contribution in [0.4, 0.5) is 5.69 Å². The van der Waals surface area contributed by atoms with Crippen molar-refractivity contribution in [2.45, 2.75) is 0 Å². The van der Waals surface area contributed by atoms with E-state index in [1.165, 1.54) is 0 Å². The van der Waals surface area contributed by atoms with Gasteiger partial charge in [-0.1, -0.05) is 6.07 Å². The van der Waals surface area contributed by atoms with E-state index < -0.39 is 0 Å². The van der Waals surface area contributed by atoms with Gasteiger partial charge in [0.25, 0.3) is 5.91 Å². The number of benzene rings is 1. The molecule has 0 saturated carbocycles. The van der Waals surface area contributed by atoms with E-state index >= 15 is 0 Å². The lowest BCUT2D eigenvalue weighted by Gasteiger charge is -2.26. The SMILES string of the molecule is COc1cccc(C(=O)Nc2ccc(OCCN3CCOCC3)nc2)c1. The van der Waals surface area contributed by atoms with Crippen molar-refractivity contribution in [3.8, 4) is 11.6 Å². The minimum atomic E-state index is -0.216. The molecule has 1 saturated heterocycles. The highest BCUT2D eigenvalue weighted by atomic mass is 16.5. The average molecular weight is 357 g/mol. The first-order valence-corrected chi connectivity index (χ1v) is 8.59. The molecule has 7 heteroatoms. The lowest BCUT2D eigenvalue weighted by molar-refractivity contribution is 0.0320. The minimum Gasteiger partial charge on any atom is -0.497 e. The van der Waals surface area contributed by atoms with Gasteiger partial charge in [-0.25, -0.2) is 4.98 Å². The highest BCUT2D eigenvalue weighted by Crippen LogP contribution is 2.16. The number of hydrogen-bond donors (Lipinski definition) is 1. The van der Waals surface area contributed by atoms with Gasteiger partial charge in [0.2, 0.25) is 5.88 Å². The highest BCUT2D eigenvalue weighted by Gasteiger charge is 2.10. The number of carbonyl (C=O) groups is 1. The zero-order valence-electron chi connectivity index (χ0n) is 14.8. The molecular formula is C19H23N3O4. The fourth-order valence-corrected chi connectivity index (χ4v) is 2.61. The molecule has 7 nitrogen and oxygen atoms in total. The summed E-state index contributed by atoms with van der Waals surface area (Å²) in [5.41, 5.74) is 1.13. The molecule has 2 heterocycles. The number of morpholine rings is 1. The Bertz CT molecular complexity index is 715. The number of nitrogens with one attached hydrogen (secondary N) is 1. The highest BCUT2D eigenvalue weighted by molar-refractivity contribution is 6.04. The number of hydrogen-bond acceptors (Lipinski definition) is 6. The number of aromatic nitrogens is 1. The van der Waals surface area contributed by atoms with Gasteiger partial charge in [0.15, 0.2) is 0 Å². The molecule has 0 spiro atoms. The molecule has 1 aromatic heterocycles. The van der Waals surface area contributed by atoms with E-state index in [2.05, 4.69) is 15.2 Å². The molecule has 138 valence electrons. The van der Waals surface area contributed by atoms with Crippen LogP contribution in [0.2, 0.25) is 0 Å². The van der Waals surface area contributed by atoms with Crippen molar-refractivity contribution in [2.75, 3.05) is 51.9 Å². The third kappa shape index (κ3) is 5.18. The second-order valence-electron chi connectivity index (χ2n) is 5.87. The summed E-state index contributed by atoms with van der Waals surface area (Å²) in [6.07, 6.45) is 1.59. The quantitative estimate of drug-likeness (QED) is 0.818. The first-order chi connectivity index (χ1) is 12.7. The number of ether oxygens (including phenoxy) is 3. The summed E-state index contributed by atoms with van der Waals surface area (Å²) in [5, 5.41) is 2.81. The number of anilines is 1. The van der Waals surface area contributed by atoms with Gasteiger partial charge in [0.05, 0.1) is 32.2 Å². The summed E-state index contributed by atoms with van der Waals surface area (Å²) in [6.45, 7) is 4.85. The molecule has 0 aliphatic carbocycles. The Morgan fingerprint density at radius 3 is 2.85 bits per heavy atom. The largest absolute Gasteiger partial charge is 0.497 e. The molecule has 1 amide bonds. The normalized spacial score (nSPS) is 14.7. The van der Waals surface area contributed by atoms with Crippen LogP contribution in [0, 0.1) is 0 Å². The Kier molecular flexibility index (Phi) is 6.40. The third-order valence-electron chi connectivity index (χ3n) is 4.09. The number of rotatable bonds is 7. The van der Waals surface area contributed by atoms with Crippen molar-refractivity contribution in [2.24, 2.45) is 0 Å². The van der Waals surface area contributed by atoms with Gasteiger partial charge in [0, 0.05) is 31.3 Å². The lowest BCUT2D eigenvalue weighted by atomic mass is 10.2. The maximum Gasteiger partial charge on any atom is 0.255 e. The van der Waals surface area contributed by atoms with Gasteiger partial charge >= 0.3 is 0 Å². The Hall–Kier alpha value is -2.64. The van der Waals surface area contributed by atoms with Gasteiger partial charge < -0.3 is 19.5 Å². The van der Waals surface area contributed by atoms with E-state index in [1.54, 1.807) is 49.7 Å². The summed E-state index contributed by atoms with van der Waals surface area (Å²) in [6, 6.07) is 10.5. The molecule has 1 aliphatic heterocycles. The second-order valence-corrected chi connectivity index (χ2v) is 5.87. The molecule has 2 aromatic rings. The maximum atomic E-state index is 12.3. The van der Waals surface area contributed by atoms with Crippen LogP contribution >= 0.6 is 0 Å². The van der Waals surface area contributed by atoms with Crippen molar-refractivity contribution in [3.63, 3.8) is 0 Å². The Labute approximate surface area is 152 Å². The second kappa shape index (κ2) is 9.17. The van der Waals surface area contributed by atoms with E-state index in [4.69, 9.17) is 14.2 Å². The summed E-state index contributed by atoms with van der Waals surface area (Å²) < 4.78 is 16.1. The molecule has 1 aliphatic rings. The summed E-state index contributed by atoms with van der Waals surface area (Å²) >= 11 is 0. The van der Waals surface area contributed by atoms with Crippen LogP contribution in [0.25, 0.3) is 0 Å². The van der Waals surface area contributed by atoms with Crippen molar-refractivity contribution in [1.82, 2.24) is 9.88 Å². The molecular weight excluding hydrogens is 334 g/mol. The predicted octanol–water partition coefficient (Wildman–Crippen LogP) is 2.05. The van der Waals surface area contributed by atoms with E-state index in [0.29, 0.717) is 29.5 Å². The van der Waals surface area contributed by atoms with Crippen molar-refractivity contribution < 1.29 is 19.0 Å². The van der Waals surface area contributed by atoms with Gasteiger partial charge in [0.1, 0.15) is 12.4 Å². The fraction of sp³-hybridized carbons (Fsp3) is 0.368. The number of pyridine rings is 1. The van der Waals surface area contributed by atoms with E-state index in [-0.39, 0.29) is 5.91 Å². The average Bonchev–Trinajstić information content (AvgIpc) is 2.70. The molecule has 1 N–H and O–H groups in total. The van der Waals surface area contributed by atoms with Crippen LogP contribution in [-0.2, 0) is 4.74 Å². The molecule has 0 bridgehead atoms. The molecule has 1 fully saturated rings. The lowest BCUT2D eigenvalue weighted by Crippen LogP contribution is -2.38. The minimum absolute atomic E-state index is 0.216. The van der Waals surface area contributed by atoms with E-state index in [0.717, 1.165) is 32.8 Å². The number of methoxy groups -OCH3 is 1. The molecule has 3 rings (SSSR count). The molecule has 0 unspecified atom stereocenters. The predicted molar refractivity (Wildman–Crippen MR) is 97.9 cm³/mol. The van der Waals surface area contributed by atoms with Gasteiger partial charge in [-0.2, -0.15) is 0 Å². The number of carbonyl (C=O) groups excluding carboxylic acids is 1. The summed E-state index contributed by atoms with van der Waals surface area (Å²) in [7, 11) is 1.57. The van der Waals surface area contributed by atoms with Gasteiger partial charge in [-0.3, -0.25) is 9.69 Å². The van der Waals surface area contributed by atoms with Crippen molar-refractivity contribution in [3.05, 3.63) is 48.2 Å². The van der Waals surface area contributed by atoms with Crippen LogP contribution in [0.3, 0.4) is 0 Å². The summed E-state index contributed by atoms with van der Waals surface area (Å²) in [4.78, 5) is 18.8.